The molecule has 0 radical (unpaired) electrons. The predicted octanol–water partition coefficient (Wildman–Crippen LogP) is 2.71. The molecule has 3 rings (SSSR count). The second-order valence-electron chi connectivity index (χ2n) is 6.42. The first-order valence-corrected chi connectivity index (χ1v) is 10.2. The first-order chi connectivity index (χ1) is 12.6. The van der Waals surface area contributed by atoms with Crippen molar-refractivity contribution in [3.8, 4) is 0 Å². The maximum atomic E-state index is 12.8. The molecule has 1 saturated heterocycles. The van der Waals surface area contributed by atoms with Gasteiger partial charge in [-0.2, -0.15) is 0 Å². The molecule has 1 N–H and O–H groups in total. The molecule has 1 aromatic carbocycles. The van der Waals surface area contributed by atoms with E-state index in [2.05, 4.69) is 27.1 Å². The van der Waals surface area contributed by atoms with Gasteiger partial charge in [0.1, 0.15) is 5.82 Å². The maximum absolute atomic E-state index is 12.8. The molecule has 1 aliphatic heterocycles. The van der Waals surface area contributed by atoms with Gasteiger partial charge < -0.3 is 15.1 Å². The topological polar surface area (TPSA) is 61.4 Å². The second kappa shape index (κ2) is 8.68. The Labute approximate surface area is 159 Å². The van der Waals surface area contributed by atoms with Crippen LogP contribution in [0.4, 0.5) is 5.82 Å². The molecule has 1 aliphatic rings. The Morgan fingerprint density at radius 2 is 1.92 bits per heavy atom. The molecular formula is C19H27N5OS. The van der Waals surface area contributed by atoms with E-state index in [1.165, 1.54) is 11.8 Å². The van der Waals surface area contributed by atoms with Crippen LogP contribution in [0.5, 0.6) is 0 Å². The summed E-state index contributed by atoms with van der Waals surface area (Å²) >= 11 is 1.44. The van der Waals surface area contributed by atoms with E-state index in [4.69, 9.17) is 0 Å². The molecule has 1 aromatic heterocycles. The van der Waals surface area contributed by atoms with E-state index in [0.29, 0.717) is 5.16 Å². The van der Waals surface area contributed by atoms with E-state index >= 15 is 0 Å². The molecule has 140 valence electrons. The van der Waals surface area contributed by atoms with Crippen LogP contribution in [0.3, 0.4) is 0 Å². The average Bonchev–Trinajstić information content (AvgIpc) is 2.67. The second-order valence-corrected chi connectivity index (χ2v) is 7.73. The third kappa shape index (κ3) is 4.27. The van der Waals surface area contributed by atoms with Crippen molar-refractivity contribution in [2.24, 2.45) is 0 Å². The summed E-state index contributed by atoms with van der Waals surface area (Å²) in [6.45, 7) is 11.5. The Balaban J connectivity index is 1.72. The summed E-state index contributed by atoms with van der Waals surface area (Å²) < 4.78 is 0. The molecule has 6 nitrogen and oxygen atoms in total. The van der Waals surface area contributed by atoms with Gasteiger partial charge in [0.05, 0.1) is 10.8 Å². The van der Waals surface area contributed by atoms with Gasteiger partial charge in [-0.15, -0.1) is 0 Å². The van der Waals surface area contributed by atoms with E-state index in [9.17, 15) is 4.79 Å². The lowest BCUT2D eigenvalue weighted by atomic mass is 10.2. The molecule has 0 bridgehead atoms. The molecule has 7 heteroatoms. The molecular weight excluding hydrogens is 346 g/mol. The van der Waals surface area contributed by atoms with Gasteiger partial charge >= 0.3 is 0 Å². The number of para-hydroxylation sites is 1. The quantitative estimate of drug-likeness (QED) is 0.621. The first-order valence-electron chi connectivity index (χ1n) is 9.30. The molecule has 0 spiro atoms. The lowest BCUT2D eigenvalue weighted by Crippen LogP contribution is -2.50. The summed E-state index contributed by atoms with van der Waals surface area (Å²) in [6.07, 6.45) is 0. The Kier molecular flexibility index (Phi) is 6.32. The van der Waals surface area contributed by atoms with E-state index in [0.717, 1.165) is 56.0 Å². The molecule has 1 fully saturated rings. The van der Waals surface area contributed by atoms with Gasteiger partial charge in [-0.3, -0.25) is 4.79 Å². The molecule has 1 atom stereocenters. The summed E-state index contributed by atoms with van der Waals surface area (Å²) in [6, 6.07) is 7.96. The predicted molar refractivity (Wildman–Crippen MR) is 108 cm³/mol. The number of piperazine rings is 1. The van der Waals surface area contributed by atoms with Gasteiger partial charge in [0.15, 0.2) is 5.16 Å². The third-order valence-corrected chi connectivity index (χ3v) is 5.64. The lowest BCUT2D eigenvalue weighted by Gasteiger charge is -2.35. The Morgan fingerprint density at radius 3 is 2.62 bits per heavy atom. The number of rotatable bonds is 6. The number of benzene rings is 1. The van der Waals surface area contributed by atoms with Crippen molar-refractivity contribution in [2.45, 2.75) is 31.2 Å². The number of amides is 1. The van der Waals surface area contributed by atoms with Crippen molar-refractivity contribution < 1.29 is 4.79 Å². The highest BCUT2D eigenvalue weighted by molar-refractivity contribution is 8.00. The van der Waals surface area contributed by atoms with E-state index in [-0.39, 0.29) is 11.2 Å². The minimum absolute atomic E-state index is 0.174. The van der Waals surface area contributed by atoms with Gasteiger partial charge in [-0.05, 0) is 32.5 Å². The van der Waals surface area contributed by atoms with Gasteiger partial charge in [-0.25, -0.2) is 9.97 Å². The van der Waals surface area contributed by atoms with Crippen molar-refractivity contribution in [1.29, 1.82) is 0 Å². The highest BCUT2D eigenvalue weighted by Crippen LogP contribution is 2.27. The minimum Gasteiger partial charge on any atom is -0.370 e. The highest BCUT2D eigenvalue weighted by atomic mass is 32.2. The smallest absolute Gasteiger partial charge is 0.235 e. The van der Waals surface area contributed by atoms with E-state index < -0.39 is 0 Å². The fourth-order valence-corrected chi connectivity index (χ4v) is 4.02. The summed E-state index contributed by atoms with van der Waals surface area (Å²) in [5.41, 5.74) is 0.900. The van der Waals surface area contributed by atoms with Crippen molar-refractivity contribution in [1.82, 2.24) is 19.8 Å². The zero-order chi connectivity index (χ0) is 18.5. The van der Waals surface area contributed by atoms with Crippen LogP contribution < -0.4 is 5.32 Å². The van der Waals surface area contributed by atoms with Crippen LogP contribution in [0.15, 0.2) is 29.4 Å². The fraction of sp³-hybridized carbons (Fsp3) is 0.526. The molecule has 0 saturated carbocycles. The molecule has 0 aliphatic carbocycles. The molecule has 2 aromatic rings. The summed E-state index contributed by atoms with van der Waals surface area (Å²) in [5, 5.41) is 4.76. The van der Waals surface area contributed by atoms with Crippen molar-refractivity contribution >= 4 is 34.4 Å². The van der Waals surface area contributed by atoms with Crippen LogP contribution in [0.1, 0.15) is 20.8 Å². The number of hydrogen-bond acceptors (Lipinski definition) is 6. The standard InChI is InChI=1S/C19H27N5OS/c1-4-20-17-15-8-6-7-9-16(15)21-19(22-17)26-14(3)18(25)24-12-10-23(5-2)11-13-24/h6-9,14H,4-5,10-13H2,1-3H3,(H,20,21,22). The number of thioether (sulfide) groups is 1. The lowest BCUT2D eigenvalue weighted by molar-refractivity contribution is -0.132. The SMILES string of the molecule is CCNc1nc(SC(C)C(=O)N2CCN(CC)CC2)nc2ccccc12. The number of likely N-dealkylation sites (N-methyl/N-ethyl adjacent to an activating group) is 1. The van der Waals surface area contributed by atoms with Crippen LogP contribution in [-0.4, -0.2) is 70.2 Å². The molecule has 26 heavy (non-hydrogen) atoms. The Morgan fingerprint density at radius 1 is 1.19 bits per heavy atom. The van der Waals surface area contributed by atoms with Crippen LogP contribution in [-0.2, 0) is 4.79 Å². The van der Waals surface area contributed by atoms with Crippen LogP contribution in [0.2, 0.25) is 0 Å². The zero-order valence-corrected chi connectivity index (χ0v) is 16.6. The number of anilines is 1. The normalized spacial score (nSPS) is 16.7. The van der Waals surface area contributed by atoms with Crippen LogP contribution in [0, 0.1) is 0 Å². The number of nitrogens with one attached hydrogen (secondary N) is 1. The van der Waals surface area contributed by atoms with E-state index in [1.54, 1.807) is 0 Å². The van der Waals surface area contributed by atoms with Crippen molar-refractivity contribution in [3.05, 3.63) is 24.3 Å². The van der Waals surface area contributed by atoms with Crippen molar-refractivity contribution in [2.75, 3.05) is 44.6 Å². The molecule has 1 unspecified atom stereocenters. The first kappa shape index (κ1) is 18.9. The maximum Gasteiger partial charge on any atom is 0.235 e. The average molecular weight is 374 g/mol. The number of carbonyl (C=O) groups excluding carboxylic acids is 1. The zero-order valence-electron chi connectivity index (χ0n) is 15.7. The number of nitrogens with zero attached hydrogens (tertiary/aromatic N) is 4. The molecule has 2 heterocycles. The Hall–Kier alpha value is -1.86. The highest BCUT2D eigenvalue weighted by Gasteiger charge is 2.26. The van der Waals surface area contributed by atoms with Gasteiger partial charge in [0, 0.05) is 38.1 Å². The fourth-order valence-electron chi connectivity index (χ4n) is 3.16. The Bertz CT molecular complexity index is 761. The number of fused-ring (bicyclic) bond motifs is 1. The van der Waals surface area contributed by atoms with Crippen LogP contribution in [0.25, 0.3) is 10.9 Å². The number of hydrogen-bond donors (Lipinski definition) is 1. The summed E-state index contributed by atoms with van der Waals surface area (Å²) in [7, 11) is 0. The van der Waals surface area contributed by atoms with Gasteiger partial charge in [0.2, 0.25) is 5.91 Å². The third-order valence-electron chi connectivity index (χ3n) is 4.69. The number of aromatic nitrogens is 2. The van der Waals surface area contributed by atoms with E-state index in [1.807, 2.05) is 43.0 Å². The van der Waals surface area contributed by atoms with Gasteiger partial charge in [0.25, 0.3) is 0 Å². The monoisotopic (exact) mass is 373 g/mol. The summed E-state index contributed by atoms with van der Waals surface area (Å²) in [5.74, 6) is 1.00. The largest absolute Gasteiger partial charge is 0.370 e. The summed E-state index contributed by atoms with van der Waals surface area (Å²) in [4.78, 5) is 26.4. The minimum atomic E-state index is -0.196. The van der Waals surface area contributed by atoms with Gasteiger partial charge in [-0.1, -0.05) is 30.8 Å². The number of carbonyl (C=O) groups is 1. The van der Waals surface area contributed by atoms with Crippen molar-refractivity contribution in [3.63, 3.8) is 0 Å². The molecule has 1 amide bonds. The van der Waals surface area contributed by atoms with Crippen LogP contribution >= 0.6 is 11.8 Å².